The van der Waals surface area contributed by atoms with E-state index in [1.807, 2.05) is 43.3 Å². The molecule has 0 bridgehead atoms. The summed E-state index contributed by atoms with van der Waals surface area (Å²) in [4.78, 5) is 19.1. The summed E-state index contributed by atoms with van der Waals surface area (Å²) in [5.74, 6) is 6.77. The van der Waals surface area contributed by atoms with E-state index in [-0.39, 0.29) is 17.7 Å². The van der Waals surface area contributed by atoms with E-state index in [0.29, 0.717) is 16.0 Å². The molecular formula is C20H19ClN6OS2. The summed E-state index contributed by atoms with van der Waals surface area (Å²) >= 11 is 8.88. The summed E-state index contributed by atoms with van der Waals surface area (Å²) in [7, 11) is 1.78. The topological polar surface area (TPSA) is 89.9 Å². The molecule has 2 N–H and O–H groups in total. The molecule has 2 aromatic heterocycles. The van der Waals surface area contributed by atoms with Gasteiger partial charge < -0.3 is 10.7 Å². The standard InChI is InChI=1S/C20H19ClN6OS2/c1-12(19-23-15-8-3-4-9-16(15)30-19)26(2)17(28)11-29-20-25-24-18(27(20)22)13-6-5-7-14(21)10-13/h3-10,12H,11,22H2,1-2H3. The number of thiazole rings is 1. The normalized spacial score (nSPS) is 12.2. The maximum Gasteiger partial charge on any atom is 0.233 e. The van der Waals surface area contributed by atoms with Crippen LogP contribution < -0.4 is 5.84 Å². The highest BCUT2D eigenvalue weighted by Gasteiger charge is 2.22. The molecule has 2 heterocycles. The number of carbonyl (C=O) groups is 1. The molecule has 7 nitrogen and oxygen atoms in total. The predicted molar refractivity (Wildman–Crippen MR) is 122 cm³/mol. The van der Waals surface area contributed by atoms with Gasteiger partial charge in [-0.1, -0.05) is 47.6 Å². The Kier molecular flexibility index (Phi) is 5.94. The number of nitrogen functional groups attached to an aromatic ring is 1. The second-order valence-corrected chi connectivity index (χ2v) is 9.12. The van der Waals surface area contributed by atoms with Crippen LogP contribution in [0.1, 0.15) is 18.0 Å². The van der Waals surface area contributed by atoms with Crippen molar-refractivity contribution in [2.45, 2.75) is 18.1 Å². The number of hydrogen-bond donors (Lipinski definition) is 1. The van der Waals surface area contributed by atoms with Crippen molar-refractivity contribution in [2.75, 3.05) is 18.6 Å². The molecule has 154 valence electrons. The lowest BCUT2D eigenvalue weighted by Crippen LogP contribution is -2.31. The number of carbonyl (C=O) groups excluding carboxylic acids is 1. The van der Waals surface area contributed by atoms with Crippen LogP contribution in [0.15, 0.2) is 53.7 Å². The number of fused-ring (bicyclic) bond motifs is 1. The molecule has 0 fully saturated rings. The predicted octanol–water partition coefficient (Wildman–Crippen LogP) is 4.23. The molecule has 30 heavy (non-hydrogen) atoms. The molecule has 0 saturated carbocycles. The second kappa shape index (κ2) is 8.63. The number of rotatable bonds is 6. The SMILES string of the molecule is CC(c1nc2ccccc2s1)N(C)C(=O)CSc1nnc(-c2cccc(Cl)c2)n1N. The van der Waals surface area contributed by atoms with Crippen molar-refractivity contribution in [3.63, 3.8) is 0 Å². The second-order valence-electron chi connectivity index (χ2n) is 6.68. The maximum atomic E-state index is 12.7. The van der Waals surface area contributed by atoms with Gasteiger partial charge in [-0.05, 0) is 31.2 Å². The van der Waals surface area contributed by atoms with Crippen LogP contribution in [0.5, 0.6) is 0 Å². The molecule has 10 heteroatoms. The minimum Gasteiger partial charge on any atom is -0.336 e. The smallest absolute Gasteiger partial charge is 0.233 e. The lowest BCUT2D eigenvalue weighted by Gasteiger charge is -2.23. The monoisotopic (exact) mass is 458 g/mol. The first-order valence-electron chi connectivity index (χ1n) is 9.14. The van der Waals surface area contributed by atoms with E-state index in [1.165, 1.54) is 16.4 Å². The zero-order valence-corrected chi connectivity index (χ0v) is 18.7. The van der Waals surface area contributed by atoms with Gasteiger partial charge in [-0.25, -0.2) is 9.66 Å². The first kappa shape index (κ1) is 20.6. The molecule has 4 aromatic rings. The Morgan fingerprint density at radius 2 is 2.07 bits per heavy atom. The Hall–Kier alpha value is -2.62. The molecule has 1 amide bonds. The molecule has 0 saturated heterocycles. The van der Waals surface area contributed by atoms with Crippen LogP contribution in [0, 0.1) is 0 Å². The summed E-state index contributed by atoms with van der Waals surface area (Å²) in [5.41, 5.74) is 1.71. The highest BCUT2D eigenvalue weighted by molar-refractivity contribution is 7.99. The Bertz CT molecular complexity index is 1170. The fourth-order valence-corrected chi connectivity index (χ4v) is 4.91. The Morgan fingerprint density at radius 3 is 2.83 bits per heavy atom. The van der Waals surface area contributed by atoms with Crippen LogP contribution in [-0.2, 0) is 4.79 Å². The lowest BCUT2D eigenvalue weighted by atomic mass is 10.2. The Labute approximate surface area is 186 Å². The van der Waals surface area contributed by atoms with Crippen molar-refractivity contribution in [2.24, 2.45) is 0 Å². The fraction of sp³-hybridized carbons (Fsp3) is 0.200. The summed E-state index contributed by atoms with van der Waals surface area (Å²) in [6.45, 7) is 1.98. The van der Waals surface area contributed by atoms with E-state index in [1.54, 1.807) is 35.4 Å². The molecule has 0 aliphatic carbocycles. The van der Waals surface area contributed by atoms with E-state index in [0.717, 1.165) is 20.8 Å². The first-order chi connectivity index (χ1) is 14.4. The van der Waals surface area contributed by atoms with E-state index >= 15 is 0 Å². The maximum absolute atomic E-state index is 12.7. The summed E-state index contributed by atoms with van der Waals surface area (Å²) in [6.07, 6.45) is 0. The van der Waals surface area contributed by atoms with E-state index in [4.69, 9.17) is 17.4 Å². The van der Waals surface area contributed by atoms with Crippen LogP contribution in [0.3, 0.4) is 0 Å². The minimum atomic E-state index is -0.131. The van der Waals surface area contributed by atoms with Crippen molar-refractivity contribution in [3.05, 3.63) is 58.6 Å². The van der Waals surface area contributed by atoms with Crippen LogP contribution in [0.4, 0.5) is 0 Å². The van der Waals surface area contributed by atoms with Crippen molar-refractivity contribution >= 4 is 50.8 Å². The van der Waals surface area contributed by atoms with Gasteiger partial charge in [0.05, 0.1) is 22.0 Å². The number of para-hydroxylation sites is 1. The molecule has 1 unspecified atom stereocenters. The van der Waals surface area contributed by atoms with Gasteiger partial charge in [0.25, 0.3) is 0 Å². The van der Waals surface area contributed by atoms with Gasteiger partial charge in [0.2, 0.25) is 11.1 Å². The third kappa shape index (κ3) is 4.14. The molecule has 4 rings (SSSR count). The molecule has 0 aliphatic heterocycles. The third-order valence-corrected chi connectivity index (χ3v) is 7.08. The number of amides is 1. The zero-order chi connectivity index (χ0) is 21.3. The first-order valence-corrected chi connectivity index (χ1v) is 11.3. The van der Waals surface area contributed by atoms with Gasteiger partial charge in [0, 0.05) is 17.6 Å². The molecule has 0 spiro atoms. The van der Waals surface area contributed by atoms with Gasteiger partial charge in [-0.3, -0.25) is 4.79 Å². The van der Waals surface area contributed by atoms with Crippen LogP contribution >= 0.6 is 34.7 Å². The average molecular weight is 459 g/mol. The molecule has 1 atom stereocenters. The van der Waals surface area contributed by atoms with Gasteiger partial charge in [0.15, 0.2) is 5.82 Å². The highest BCUT2D eigenvalue weighted by atomic mass is 35.5. The molecule has 2 aromatic carbocycles. The number of halogens is 1. The van der Waals surface area contributed by atoms with Crippen molar-refractivity contribution in [1.29, 1.82) is 0 Å². The lowest BCUT2D eigenvalue weighted by molar-refractivity contribution is -0.128. The van der Waals surface area contributed by atoms with Crippen molar-refractivity contribution in [3.8, 4) is 11.4 Å². The molecule has 0 radical (unpaired) electrons. The third-order valence-electron chi connectivity index (χ3n) is 4.71. The summed E-state index contributed by atoms with van der Waals surface area (Å²) in [5, 5.41) is 10.2. The Balaban J connectivity index is 1.43. The molecular weight excluding hydrogens is 440 g/mol. The van der Waals surface area contributed by atoms with E-state index < -0.39 is 0 Å². The van der Waals surface area contributed by atoms with Crippen LogP contribution in [0.2, 0.25) is 5.02 Å². The number of aromatic nitrogens is 4. The van der Waals surface area contributed by atoms with E-state index in [9.17, 15) is 4.79 Å². The van der Waals surface area contributed by atoms with Gasteiger partial charge in [0.1, 0.15) is 5.01 Å². The van der Waals surface area contributed by atoms with Gasteiger partial charge in [-0.15, -0.1) is 21.5 Å². The van der Waals surface area contributed by atoms with Crippen molar-refractivity contribution in [1.82, 2.24) is 24.8 Å². The van der Waals surface area contributed by atoms with Gasteiger partial charge >= 0.3 is 0 Å². The van der Waals surface area contributed by atoms with E-state index in [2.05, 4.69) is 15.2 Å². The summed E-state index contributed by atoms with van der Waals surface area (Å²) in [6, 6.07) is 15.0. The minimum absolute atomic E-state index is 0.0425. The number of thioether (sulfide) groups is 1. The quantitative estimate of drug-likeness (QED) is 0.343. The molecule has 0 aliphatic rings. The average Bonchev–Trinajstić information content (AvgIpc) is 3.34. The largest absolute Gasteiger partial charge is 0.336 e. The number of benzene rings is 2. The van der Waals surface area contributed by atoms with Crippen molar-refractivity contribution < 1.29 is 4.79 Å². The summed E-state index contributed by atoms with van der Waals surface area (Å²) < 4.78 is 2.49. The number of nitrogens with zero attached hydrogens (tertiary/aromatic N) is 5. The van der Waals surface area contributed by atoms with Gasteiger partial charge in [-0.2, -0.15) is 0 Å². The Morgan fingerprint density at radius 1 is 1.27 bits per heavy atom. The fourth-order valence-electron chi connectivity index (χ4n) is 2.88. The van der Waals surface area contributed by atoms with Crippen LogP contribution in [0.25, 0.3) is 21.6 Å². The van der Waals surface area contributed by atoms with Crippen LogP contribution in [-0.4, -0.2) is 43.5 Å². The number of nitrogens with two attached hydrogens (primary N) is 1. The zero-order valence-electron chi connectivity index (χ0n) is 16.3. The number of hydrogen-bond acceptors (Lipinski definition) is 7. The highest BCUT2D eigenvalue weighted by Crippen LogP contribution is 2.30.